The van der Waals surface area contributed by atoms with Gasteiger partial charge in [0.05, 0.1) is 13.2 Å². The molecule has 1 aliphatic carbocycles. The van der Waals surface area contributed by atoms with E-state index in [0.29, 0.717) is 5.69 Å². The third-order valence-corrected chi connectivity index (χ3v) is 7.60. The highest BCUT2D eigenvalue weighted by Gasteiger charge is 2.49. The van der Waals surface area contributed by atoms with Gasteiger partial charge in [0.2, 0.25) is 5.91 Å². The fraction of sp³-hybridized carbons (Fsp3) is 0.538. The van der Waals surface area contributed by atoms with E-state index in [4.69, 9.17) is 4.74 Å². The summed E-state index contributed by atoms with van der Waals surface area (Å²) in [7, 11) is 0. The summed E-state index contributed by atoms with van der Waals surface area (Å²) in [6, 6.07) is 9.16. The van der Waals surface area contributed by atoms with Crippen molar-refractivity contribution in [3.05, 3.63) is 41.7 Å². The number of benzene rings is 1. The standard InChI is InChI=1S/C26H34N4O4S/c1-4-34-24(32)21-16-22-23(31)30(19-13-10-14-20(15-19)35-3)26(2,17-29(22)28-21)25(33)27-18-11-8-6-5-7-9-12-18/h10,13-16,18H,4-9,11-12,17H2,1-3H3,(H,27,33)/t26-/m0/s1. The van der Waals surface area contributed by atoms with E-state index in [2.05, 4.69) is 10.4 Å². The number of rotatable bonds is 6. The lowest BCUT2D eigenvalue weighted by Gasteiger charge is -2.44. The molecule has 1 aromatic carbocycles. The monoisotopic (exact) mass is 498 g/mol. The van der Waals surface area contributed by atoms with Crippen LogP contribution in [0.5, 0.6) is 0 Å². The Morgan fingerprint density at radius 1 is 1.17 bits per heavy atom. The number of hydrogen-bond donors (Lipinski definition) is 1. The van der Waals surface area contributed by atoms with Crippen molar-refractivity contribution in [2.45, 2.75) is 81.8 Å². The molecule has 0 bridgehead atoms. The highest BCUT2D eigenvalue weighted by Crippen LogP contribution is 2.35. The number of ether oxygens (including phenoxy) is 1. The Morgan fingerprint density at radius 2 is 1.89 bits per heavy atom. The quantitative estimate of drug-likeness (QED) is 0.468. The second-order valence-corrected chi connectivity index (χ2v) is 10.3. The molecule has 1 fully saturated rings. The van der Waals surface area contributed by atoms with E-state index >= 15 is 0 Å². The molecule has 0 radical (unpaired) electrons. The maximum absolute atomic E-state index is 13.9. The van der Waals surface area contributed by atoms with E-state index in [9.17, 15) is 14.4 Å². The number of esters is 1. The first kappa shape index (κ1) is 25.3. The van der Waals surface area contributed by atoms with Gasteiger partial charge in [-0.25, -0.2) is 4.79 Å². The molecular weight excluding hydrogens is 464 g/mol. The molecule has 0 spiro atoms. The molecule has 1 N–H and O–H groups in total. The van der Waals surface area contributed by atoms with Crippen LogP contribution in [0.4, 0.5) is 5.69 Å². The molecule has 188 valence electrons. The van der Waals surface area contributed by atoms with Crippen LogP contribution in [0, 0.1) is 0 Å². The van der Waals surface area contributed by atoms with Crippen molar-refractivity contribution in [2.24, 2.45) is 0 Å². The summed E-state index contributed by atoms with van der Waals surface area (Å²) in [4.78, 5) is 42.6. The Balaban J connectivity index is 1.72. The third kappa shape index (κ3) is 5.24. The van der Waals surface area contributed by atoms with Gasteiger partial charge >= 0.3 is 5.97 Å². The number of hydrogen-bond acceptors (Lipinski definition) is 6. The van der Waals surface area contributed by atoms with E-state index in [1.54, 1.807) is 30.5 Å². The molecule has 35 heavy (non-hydrogen) atoms. The molecule has 1 aliphatic heterocycles. The lowest BCUT2D eigenvalue weighted by Crippen LogP contribution is -2.65. The Morgan fingerprint density at radius 3 is 2.57 bits per heavy atom. The normalized spacial score (nSPS) is 21.1. The highest BCUT2D eigenvalue weighted by atomic mass is 32.2. The Kier molecular flexibility index (Phi) is 7.84. The van der Waals surface area contributed by atoms with Crippen molar-refractivity contribution < 1.29 is 19.1 Å². The average Bonchev–Trinajstić information content (AvgIpc) is 3.25. The van der Waals surface area contributed by atoms with Crippen molar-refractivity contribution in [1.82, 2.24) is 15.1 Å². The molecule has 0 unspecified atom stereocenters. The number of carbonyl (C=O) groups is 3. The van der Waals surface area contributed by atoms with Gasteiger partial charge in [-0.05, 0) is 51.1 Å². The third-order valence-electron chi connectivity index (χ3n) is 6.88. The highest BCUT2D eigenvalue weighted by molar-refractivity contribution is 7.98. The molecular formula is C26H34N4O4S. The Bertz CT molecular complexity index is 1090. The summed E-state index contributed by atoms with van der Waals surface area (Å²) < 4.78 is 6.56. The van der Waals surface area contributed by atoms with Gasteiger partial charge in [-0.15, -0.1) is 11.8 Å². The minimum Gasteiger partial charge on any atom is -0.461 e. The predicted octanol–water partition coefficient (Wildman–Crippen LogP) is 4.43. The van der Waals surface area contributed by atoms with E-state index in [0.717, 1.165) is 30.6 Å². The molecule has 1 atom stereocenters. The smallest absolute Gasteiger partial charge is 0.358 e. The number of fused-ring (bicyclic) bond motifs is 1. The van der Waals surface area contributed by atoms with Gasteiger partial charge in [0.15, 0.2) is 5.69 Å². The van der Waals surface area contributed by atoms with Crippen molar-refractivity contribution in [3.8, 4) is 0 Å². The molecule has 2 amide bonds. The number of nitrogens with one attached hydrogen (secondary N) is 1. The minimum absolute atomic E-state index is 0.0673. The van der Waals surface area contributed by atoms with Crippen LogP contribution >= 0.6 is 11.8 Å². The first-order valence-electron chi connectivity index (χ1n) is 12.4. The van der Waals surface area contributed by atoms with E-state index in [-0.39, 0.29) is 42.4 Å². The second kappa shape index (κ2) is 10.8. The first-order valence-corrected chi connectivity index (χ1v) is 13.6. The molecule has 4 rings (SSSR count). The van der Waals surface area contributed by atoms with Crippen molar-refractivity contribution in [1.29, 1.82) is 0 Å². The fourth-order valence-corrected chi connectivity index (χ4v) is 5.43. The molecule has 1 aromatic heterocycles. The lowest BCUT2D eigenvalue weighted by atomic mass is 9.91. The number of thioether (sulfide) groups is 1. The van der Waals surface area contributed by atoms with Crippen molar-refractivity contribution in [2.75, 3.05) is 17.8 Å². The zero-order valence-electron chi connectivity index (χ0n) is 20.7. The van der Waals surface area contributed by atoms with E-state index in [1.807, 2.05) is 30.5 Å². The van der Waals surface area contributed by atoms with Crippen LogP contribution in [0.2, 0.25) is 0 Å². The number of aromatic nitrogens is 2. The fourth-order valence-electron chi connectivity index (χ4n) is 4.98. The summed E-state index contributed by atoms with van der Waals surface area (Å²) in [5, 5.41) is 7.60. The zero-order valence-corrected chi connectivity index (χ0v) is 21.5. The van der Waals surface area contributed by atoms with Crippen LogP contribution < -0.4 is 10.2 Å². The number of anilines is 1. The van der Waals surface area contributed by atoms with Crippen LogP contribution in [0.25, 0.3) is 0 Å². The minimum atomic E-state index is -1.22. The Hall–Kier alpha value is -2.81. The van der Waals surface area contributed by atoms with Gasteiger partial charge in [-0.3, -0.25) is 19.2 Å². The van der Waals surface area contributed by atoms with Crippen LogP contribution in [0.1, 0.15) is 79.8 Å². The van der Waals surface area contributed by atoms with E-state index in [1.165, 1.54) is 30.0 Å². The van der Waals surface area contributed by atoms with Gasteiger partial charge in [-0.2, -0.15) is 5.10 Å². The molecule has 8 nitrogen and oxygen atoms in total. The molecule has 1 saturated carbocycles. The molecule has 2 aromatic rings. The lowest BCUT2D eigenvalue weighted by molar-refractivity contribution is -0.127. The van der Waals surface area contributed by atoms with Crippen LogP contribution in [-0.4, -0.2) is 52.0 Å². The van der Waals surface area contributed by atoms with Crippen LogP contribution in [0.3, 0.4) is 0 Å². The van der Waals surface area contributed by atoms with Crippen LogP contribution in [-0.2, 0) is 16.1 Å². The number of carbonyl (C=O) groups excluding carboxylic acids is 3. The van der Waals surface area contributed by atoms with Crippen molar-refractivity contribution >= 4 is 35.2 Å². The summed E-state index contributed by atoms with van der Waals surface area (Å²) in [6.45, 7) is 3.85. The Labute approximate surface area is 210 Å². The van der Waals surface area contributed by atoms with Gasteiger partial charge in [0.25, 0.3) is 5.91 Å². The topological polar surface area (TPSA) is 93.5 Å². The largest absolute Gasteiger partial charge is 0.461 e. The summed E-state index contributed by atoms with van der Waals surface area (Å²) >= 11 is 1.57. The maximum atomic E-state index is 13.9. The number of amides is 2. The summed E-state index contributed by atoms with van der Waals surface area (Å²) in [5.74, 6) is -1.16. The molecule has 2 aliphatic rings. The summed E-state index contributed by atoms with van der Waals surface area (Å²) in [6.07, 6.45) is 9.65. The predicted molar refractivity (Wildman–Crippen MR) is 136 cm³/mol. The molecule has 0 saturated heterocycles. The zero-order chi connectivity index (χ0) is 25.0. The number of nitrogens with zero attached hydrogens (tertiary/aromatic N) is 3. The van der Waals surface area contributed by atoms with Gasteiger partial charge in [0, 0.05) is 22.7 Å². The van der Waals surface area contributed by atoms with Crippen molar-refractivity contribution in [3.63, 3.8) is 0 Å². The van der Waals surface area contributed by atoms with Gasteiger partial charge < -0.3 is 10.1 Å². The molecule has 9 heteroatoms. The van der Waals surface area contributed by atoms with Gasteiger partial charge in [0.1, 0.15) is 11.2 Å². The molecule has 2 heterocycles. The van der Waals surface area contributed by atoms with E-state index < -0.39 is 11.5 Å². The summed E-state index contributed by atoms with van der Waals surface area (Å²) in [5.41, 5.74) is -0.250. The maximum Gasteiger partial charge on any atom is 0.358 e. The SMILES string of the molecule is CCOC(=O)c1cc2n(n1)C[C@@](C)(C(=O)NC1CCCCCCC1)N(c1cccc(SC)c1)C2=O. The first-order chi connectivity index (χ1) is 16.9. The van der Waals surface area contributed by atoms with Gasteiger partial charge in [-0.1, -0.05) is 38.2 Å². The van der Waals surface area contributed by atoms with Crippen LogP contribution in [0.15, 0.2) is 35.2 Å². The average molecular weight is 499 g/mol. The second-order valence-electron chi connectivity index (χ2n) is 9.42.